The standard InChI is InChI=1S/C23H22N4O3S/c1-16(17-9-4-3-5-10-17)24-21(28)15-31-23-26-25-22(20-13-8-14-30-20)27(23)18-11-6-7-12-19(18)29-2/h3-14,16H,15H2,1-2H3,(H,24,28). The number of benzene rings is 2. The van der Waals surface area contributed by atoms with E-state index in [0.717, 1.165) is 11.3 Å². The fraction of sp³-hybridized carbons (Fsp3) is 0.174. The Bertz CT molecular complexity index is 1140. The predicted octanol–water partition coefficient (Wildman–Crippen LogP) is 4.51. The number of aromatic nitrogens is 3. The van der Waals surface area contributed by atoms with Gasteiger partial charge in [0.25, 0.3) is 0 Å². The summed E-state index contributed by atoms with van der Waals surface area (Å²) in [6, 6.07) is 21.0. The molecule has 0 bridgehead atoms. The van der Waals surface area contributed by atoms with Crippen LogP contribution in [0.15, 0.2) is 82.6 Å². The molecule has 0 saturated heterocycles. The summed E-state index contributed by atoms with van der Waals surface area (Å²) in [5.74, 6) is 1.89. The van der Waals surface area contributed by atoms with Crippen molar-refractivity contribution < 1.29 is 13.9 Å². The largest absolute Gasteiger partial charge is 0.495 e. The highest BCUT2D eigenvalue weighted by Crippen LogP contribution is 2.32. The number of nitrogens with one attached hydrogen (secondary N) is 1. The summed E-state index contributed by atoms with van der Waals surface area (Å²) in [6.07, 6.45) is 1.59. The van der Waals surface area contributed by atoms with Crippen molar-refractivity contribution >= 4 is 17.7 Å². The van der Waals surface area contributed by atoms with Gasteiger partial charge >= 0.3 is 0 Å². The summed E-state index contributed by atoms with van der Waals surface area (Å²) < 4.78 is 12.9. The number of rotatable bonds is 8. The van der Waals surface area contributed by atoms with E-state index in [1.807, 2.05) is 72.2 Å². The van der Waals surface area contributed by atoms with Crippen LogP contribution in [0, 0.1) is 0 Å². The minimum atomic E-state index is -0.0875. The van der Waals surface area contributed by atoms with Crippen LogP contribution in [0.25, 0.3) is 17.3 Å². The third-order valence-electron chi connectivity index (χ3n) is 4.71. The maximum absolute atomic E-state index is 12.6. The summed E-state index contributed by atoms with van der Waals surface area (Å²) in [4.78, 5) is 12.6. The summed E-state index contributed by atoms with van der Waals surface area (Å²) in [5, 5.41) is 12.2. The van der Waals surface area contributed by atoms with Gasteiger partial charge in [0.05, 0.1) is 30.9 Å². The quantitative estimate of drug-likeness (QED) is 0.411. The molecule has 4 aromatic rings. The molecular weight excluding hydrogens is 412 g/mol. The number of hydrogen-bond donors (Lipinski definition) is 1. The zero-order valence-electron chi connectivity index (χ0n) is 17.2. The molecule has 31 heavy (non-hydrogen) atoms. The van der Waals surface area contributed by atoms with Gasteiger partial charge in [-0.3, -0.25) is 9.36 Å². The highest BCUT2D eigenvalue weighted by Gasteiger charge is 2.21. The lowest BCUT2D eigenvalue weighted by Gasteiger charge is -2.15. The highest BCUT2D eigenvalue weighted by atomic mass is 32.2. The van der Waals surface area contributed by atoms with Crippen molar-refractivity contribution in [1.29, 1.82) is 0 Å². The Balaban J connectivity index is 1.57. The molecule has 0 aliphatic heterocycles. The van der Waals surface area contributed by atoms with Crippen LogP contribution in [-0.4, -0.2) is 33.5 Å². The molecule has 1 amide bonds. The molecule has 0 spiro atoms. The van der Waals surface area contributed by atoms with Crippen LogP contribution in [0.3, 0.4) is 0 Å². The van der Waals surface area contributed by atoms with Gasteiger partial charge in [-0.2, -0.15) is 0 Å². The van der Waals surface area contributed by atoms with Crippen molar-refractivity contribution in [3.8, 4) is 23.0 Å². The van der Waals surface area contributed by atoms with Crippen LogP contribution in [0.5, 0.6) is 5.75 Å². The van der Waals surface area contributed by atoms with E-state index in [0.29, 0.717) is 22.5 Å². The van der Waals surface area contributed by atoms with Crippen LogP contribution in [0.2, 0.25) is 0 Å². The molecule has 0 fully saturated rings. The van der Waals surface area contributed by atoms with Crippen LogP contribution < -0.4 is 10.1 Å². The minimum absolute atomic E-state index is 0.0833. The molecule has 0 aliphatic rings. The Hall–Kier alpha value is -3.52. The number of carbonyl (C=O) groups excluding carboxylic acids is 1. The number of amides is 1. The van der Waals surface area contributed by atoms with Gasteiger partial charge < -0.3 is 14.5 Å². The zero-order valence-corrected chi connectivity index (χ0v) is 18.0. The summed E-state index contributed by atoms with van der Waals surface area (Å²) in [5.41, 5.74) is 1.82. The minimum Gasteiger partial charge on any atom is -0.495 e. The number of nitrogens with zero attached hydrogens (tertiary/aromatic N) is 3. The first-order valence-electron chi connectivity index (χ1n) is 9.77. The molecule has 0 aliphatic carbocycles. The SMILES string of the molecule is COc1ccccc1-n1c(SCC(=O)NC(C)c2ccccc2)nnc1-c1ccco1. The van der Waals surface area contributed by atoms with Crippen molar-refractivity contribution in [2.45, 2.75) is 18.1 Å². The molecule has 2 heterocycles. The second-order valence-corrected chi connectivity index (χ2v) is 7.72. The Labute approximate surface area is 184 Å². The van der Waals surface area contributed by atoms with E-state index in [1.54, 1.807) is 19.4 Å². The van der Waals surface area contributed by atoms with E-state index in [9.17, 15) is 4.79 Å². The van der Waals surface area contributed by atoms with Gasteiger partial charge in [0.1, 0.15) is 5.75 Å². The number of furan rings is 1. The summed E-state index contributed by atoms with van der Waals surface area (Å²) in [6.45, 7) is 1.96. The number of carbonyl (C=O) groups is 1. The monoisotopic (exact) mass is 434 g/mol. The number of hydrogen-bond acceptors (Lipinski definition) is 6. The predicted molar refractivity (Wildman–Crippen MR) is 119 cm³/mol. The van der Waals surface area contributed by atoms with E-state index in [1.165, 1.54) is 11.8 Å². The van der Waals surface area contributed by atoms with Gasteiger partial charge in [0, 0.05) is 0 Å². The molecule has 8 heteroatoms. The average Bonchev–Trinajstić information content (AvgIpc) is 3.48. The maximum atomic E-state index is 12.6. The normalized spacial score (nSPS) is 11.8. The van der Waals surface area contributed by atoms with Crippen LogP contribution >= 0.6 is 11.8 Å². The summed E-state index contributed by atoms with van der Waals surface area (Å²) >= 11 is 1.30. The zero-order chi connectivity index (χ0) is 21.6. The lowest BCUT2D eigenvalue weighted by Crippen LogP contribution is -2.28. The molecule has 2 aromatic carbocycles. The Kier molecular flexibility index (Phi) is 6.37. The van der Waals surface area contributed by atoms with Gasteiger partial charge in [-0.25, -0.2) is 0 Å². The molecule has 1 N–H and O–H groups in total. The van der Waals surface area contributed by atoms with Crippen molar-refractivity contribution in [3.63, 3.8) is 0 Å². The Morgan fingerprint density at radius 3 is 2.61 bits per heavy atom. The topological polar surface area (TPSA) is 82.2 Å². The third kappa shape index (κ3) is 4.64. The lowest BCUT2D eigenvalue weighted by molar-refractivity contribution is -0.119. The van der Waals surface area contributed by atoms with E-state index < -0.39 is 0 Å². The van der Waals surface area contributed by atoms with Crippen LogP contribution in [-0.2, 0) is 4.79 Å². The third-order valence-corrected chi connectivity index (χ3v) is 5.64. The van der Waals surface area contributed by atoms with Gasteiger partial charge in [0.15, 0.2) is 10.9 Å². The molecule has 2 aromatic heterocycles. The van der Waals surface area contributed by atoms with Gasteiger partial charge in [-0.1, -0.05) is 54.2 Å². The summed E-state index contributed by atoms with van der Waals surface area (Å²) in [7, 11) is 1.61. The fourth-order valence-corrected chi connectivity index (χ4v) is 3.95. The van der Waals surface area contributed by atoms with Crippen molar-refractivity contribution in [1.82, 2.24) is 20.1 Å². The van der Waals surface area contributed by atoms with E-state index >= 15 is 0 Å². The van der Waals surface area contributed by atoms with Gasteiger partial charge in [-0.05, 0) is 36.8 Å². The van der Waals surface area contributed by atoms with Crippen LogP contribution in [0.4, 0.5) is 0 Å². The van der Waals surface area contributed by atoms with Crippen molar-refractivity contribution in [2.75, 3.05) is 12.9 Å². The van der Waals surface area contributed by atoms with Crippen LogP contribution in [0.1, 0.15) is 18.5 Å². The first-order valence-corrected chi connectivity index (χ1v) is 10.8. The van der Waals surface area contributed by atoms with Gasteiger partial charge in [-0.15, -0.1) is 10.2 Å². The molecule has 0 radical (unpaired) electrons. The lowest BCUT2D eigenvalue weighted by atomic mass is 10.1. The Morgan fingerprint density at radius 1 is 1.10 bits per heavy atom. The molecule has 4 rings (SSSR count). The molecule has 1 atom stereocenters. The number of methoxy groups -OCH3 is 1. The molecule has 7 nitrogen and oxygen atoms in total. The molecule has 158 valence electrons. The van der Waals surface area contributed by atoms with Crippen molar-refractivity contribution in [2.24, 2.45) is 0 Å². The van der Waals surface area contributed by atoms with E-state index in [2.05, 4.69) is 15.5 Å². The first kappa shape index (κ1) is 20.7. The average molecular weight is 435 g/mol. The Morgan fingerprint density at radius 2 is 1.87 bits per heavy atom. The van der Waals surface area contributed by atoms with Gasteiger partial charge in [0.2, 0.25) is 11.7 Å². The maximum Gasteiger partial charge on any atom is 0.230 e. The molecule has 0 saturated carbocycles. The fourth-order valence-electron chi connectivity index (χ4n) is 3.20. The number of para-hydroxylation sites is 2. The number of ether oxygens (including phenoxy) is 1. The first-order chi connectivity index (χ1) is 15.2. The molecule has 1 unspecified atom stereocenters. The van der Waals surface area contributed by atoms with E-state index in [4.69, 9.17) is 9.15 Å². The van der Waals surface area contributed by atoms with Crippen molar-refractivity contribution in [3.05, 3.63) is 78.6 Å². The second kappa shape index (κ2) is 9.53. The highest BCUT2D eigenvalue weighted by molar-refractivity contribution is 7.99. The molecular formula is C23H22N4O3S. The second-order valence-electron chi connectivity index (χ2n) is 6.78. The van der Waals surface area contributed by atoms with E-state index in [-0.39, 0.29) is 17.7 Å². The smallest absolute Gasteiger partial charge is 0.230 e. The number of thioether (sulfide) groups is 1.